The minimum absolute atomic E-state index is 0.303. The third-order valence-corrected chi connectivity index (χ3v) is 3.91. The quantitative estimate of drug-likeness (QED) is 0.410. The van der Waals surface area contributed by atoms with Gasteiger partial charge in [-0.2, -0.15) is 0 Å². The number of nitrogens with one attached hydrogen (secondary N) is 1. The zero-order valence-electron chi connectivity index (χ0n) is 11.8. The summed E-state index contributed by atoms with van der Waals surface area (Å²) >= 11 is 3.26. The molecule has 0 unspecified atom stereocenters. The molecule has 0 fully saturated rings. The Balaban J connectivity index is 0. The lowest BCUT2D eigenvalue weighted by Gasteiger charge is -2.21. The molecule has 3 amide bonds. The lowest BCUT2D eigenvalue weighted by Crippen LogP contribution is -2.46. The fourth-order valence-corrected chi connectivity index (χ4v) is 1.15. The van der Waals surface area contributed by atoms with Crippen molar-refractivity contribution in [1.29, 1.82) is 0 Å². The average molecular weight is 367 g/mol. The highest BCUT2D eigenvalue weighted by Gasteiger charge is 2.32. The second-order valence-electron chi connectivity index (χ2n) is 3.97. The summed E-state index contributed by atoms with van der Waals surface area (Å²) in [5, 5.41) is 18.1. The number of primary amides is 1. The Labute approximate surface area is 130 Å². The number of urea groups is 1. The zero-order chi connectivity index (χ0) is 17.2. The number of carbonyl (C=O) groups is 4. The predicted octanol–water partition coefficient (Wildman–Crippen LogP) is 1.24. The van der Waals surface area contributed by atoms with Crippen LogP contribution in [0.15, 0.2) is 12.2 Å². The van der Waals surface area contributed by atoms with Crippen LogP contribution in [0.25, 0.3) is 0 Å². The molecule has 0 rings (SSSR count). The summed E-state index contributed by atoms with van der Waals surface area (Å²) in [6.07, 6.45) is 0.723. The van der Waals surface area contributed by atoms with Gasteiger partial charge in [0.2, 0.25) is 5.91 Å². The van der Waals surface area contributed by atoms with Gasteiger partial charge in [0.05, 0.1) is 6.42 Å². The van der Waals surface area contributed by atoms with E-state index in [4.69, 9.17) is 15.9 Å². The Morgan fingerprint density at radius 2 is 1.62 bits per heavy atom. The first-order valence-electron chi connectivity index (χ1n) is 5.92. The smallest absolute Gasteiger partial charge is 0.331 e. The van der Waals surface area contributed by atoms with Gasteiger partial charge in [0.15, 0.2) is 0 Å². The molecule has 9 heteroatoms. The van der Waals surface area contributed by atoms with Gasteiger partial charge in [0.1, 0.15) is 4.32 Å². The molecular formula is C12H19BrN2O6. The predicted molar refractivity (Wildman–Crippen MR) is 79.0 cm³/mol. The molecule has 0 aliphatic heterocycles. The monoisotopic (exact) mass is 366 g/mol. The van der Waals surface area contributed by atoms with Crippen LogP contribution in [-0.4, -0.2) is 38.4 Å². The molecule has 0 aliphatic rings. The van der Waals surface area contributed by atoms with Crippen molar-refractivity contribution in [1.82, 2.24) is 5.32 Å². The van der Waals surface area contributed by atoms with Crippen molar-refractivity contribution in [3.8, 4) is 0 Å². The van der Waals surface area contributed by atoms with Crippen LogP contribution in [0.1, 0.15) is 33.1 Å². The van der Waals surface area contributed by atoms with E-state index in [1.807, 2.05) is 19.2 Å². The standard InChI is InChI=1S/C7H13BrN2O2.C5H6O4/c1-3-7(8,4-2)5(11)10-6(9)12;1-3(5(8)9)2-4(6)7/h3-4H2,1-2H3,(H3,9,10,11,12);1-2H2,(H,6,7)(H,8,9). The number of carboxylic acid groups (broad SMARTS) is 2. The number of carbonyl (C=O) groups excluding carboxylic acids is 2. The summed E-state index contributed by atoms with van der Waals surface area (Å²) in [6.45, 7) is 6.73. The van der Waals surface area contributed by atoms with Gasteiger partial charge in [-0.05, 0) is 12.8 Å². The fourth-order valence-electron chi connectivity index (χ4n) is 1.05. The van der Waals surface area contributed by atoms with Crippen molar-refractivity contribution in [3.63, 3.8) is 0 Å². The number of rotatable bonds is 6. The van der Waals surface area contributed by atoms with Gasteiger partial charge in [-0.1, -0.05) is 36.4 Å². The number of aliphatic carboxylic acids is 2. The van der Waals surface area contributed by atoms with E-state index in [0.717, 1.165) is 0 Å². The highest BCUT2D eigenvalue weighted by molar-refractivity contribution is 9.10. The molecule has 8 nitrogen and oxygen atoms in total. The van der Waals surface area contributed by atoms with Crippen LogP contribution in [0, 0.1) is 0 Å². The first kappa shape index (κ1) is 21.4. The number of alkyl halides is 1. The van der Waals surface area contributed by atoms with E-state index >= 15 is 0 Å². The number of imide groups is 1. The van der Waals surface area contributed by atoms with Gasteiger partial charge in [-0.15, -0.1) is 0 Å². The lowest BCUT2D eigenvalue weighted by atomic mass is 10.0. The van der Waals surface area contributed by atoms with Gasteiger partial charge in [-0.3, -0.25) is 14.9 Å². The number of hydrogen-bond acceptors (Lipinski definition) is 4. The summed E-state index contributed by atoms with van der Waals surface area (Å²) in [6, 6.07) is -0.814. The first-order chi connectivity index (χ1) is 9.50. The molecular weight excluding hydrogens is 348 g/mol. The molecule has 0 heterocycles. The SMILES string of the molecule is C=C(CC(=O)O)C(=O)O.CCC(Br)(CC)C(=O)NC(N)=O. The number of amides is 3. The maximum atomic E-state index is 11.3. The molecule has 0 aliphatic carbocycles. The fraction of sp³-hybridized carbons (Fsp3) is 0.500. The summed E-state index contributed by atoms with van der Waals surface area (Å²) < 4.78 is -0.665. The van der Waals surface area contributed by atoms with Gasteiger partial charge >= 0.3 is 18.0 Å². The van der Waals surface area contributed by atoms with Gasteiger partial charge < -0.3 is 15.9 Å². The molecule has 0 saturated carbocycles. The van der Waals surface area contributed by atoms with Gasteiger partial charge in [0.25, 0.3) is 0 Å². The van der Waals surface area contributed by atoms with Crippen molar-refractivity contribution in [2.75, 3.05) is 0 Å². The molecule has 0 aromatic rings. The Bertz CT molecular complexity index is 431. The van der Waals surface area contributed by atoms with E-state index in [1.165, 1.54) is 0 Å². The van der Waals surface area contributed by atoms with E-state index in [0.29, 0.717) is 12.8 Å². The van der Waals surface area contributed by atoms with Crippen molar-refractivity contribution < 1.29 is 29.4 Å². The maximum absolute atomic E-state index is 11.3. The molecule has 0 bridgehead atoms. The van der Waals surface area contributed by atoms with Crippen molar-refractivity contribution >= 4 is 39.8 Å². The van der Waals surface area contributed by atoms with Gasteiger partial charge in [0, 0.05) is 5.57 Å². The summed E-state index contributed by atoms with van der Waals surface area (Å²) in [4.78, 5) is 41.3. The summed E-state index contributed by atoms with van der Waals surface area (Å²) in [7, 11) is 0. The third kappa shape index (κ3) is 9.61. The molecule has 0 spiro atoms. The third-order valence-electron chi connectivity index (χ3n) is 2.43. The molecule has 0 aromatic heterocycles. The van der Waals surface area contributed by atoms with Crippen LogP contribution < -0.4 is 11.1 Å². The van der Waals surface area contributed by atoms with Crippen LogP contribution in [-0.2, 0) is 14.4 Å². The van der Waals surface area contributed by atoms with Crippen LogP contribution in [0.2, 0.25) is 0 Å². The van der Waals surface area contributed by atoms with Crippen molar-refractivity contribution in [2.45, 2.75) is 37.4 Å². The Hall–Kier alpha value is -1.90. The molecule has 120 valence electrons. The minimum Gasteiger partial charge on any atom is -0.481 e. The molecule has 0 radical (unpaired) electrons. The van der Waals surface area contributed by atoms with Crippen LogP contribution in [0.4, 0.5) is 4.79 Å². The van der Waals surface area contributed by atoms with E-state index < -0.39 is 28.7 Å². The minimum atomic E-state index is -1.27. The highest BCUT2D eigenvalue weighted by atomic mass is 79.9. The van der Waals surface area contributed by atoms with E-state index in [-0.39, 0.29) is 11.5 Å². The molecule has 21 heavy (non-hydrogen) atoms. The van der Waals surface area contributed by atoms with Gasteiger partial charge in [-0.25, -0.2) is 9.59 Å². The lowest BCUT2D eigenvalue weighted by molar-refractivity contribution is -0.139. The Morgan fingerprint density at radius 3 is 1.81 bits per heavy atom. The number of nitrogens with two attached hydrogens (primary N) is 1. The number of carboxylic acids is 2. The second kappa shape index (κ2) is 9.92. The number of hydrogen-bond donors (Lipinski definition) is 4. The molecule has 0 saturated heterocycles. The summed E-state index contributed by atoms with van der Waals surface area (Å²) in [5.41, 5.74) is 4.50. The van der Waals surface area contributed by atoms with Crippen LogP contribution in [0.5, 0.6) is 0 Å². The molecule has 0 aromatic carbocycles. The van der Waals surface area contributed by atoms with Crippen LogP contribution >= 0.6 is 15.9 Å². The van der Waals surface area contributed by atoms with Crippen molar-refractivity contribution in [3.05, 3.63) is 12.2 Å². The molecule has 5 N–H and O–H groups in total. The van der Waals surface area contributed by atoms with Crippen LogP contribution in [0.3, 0.4) is 0 Å². The van der Waals surface area contributed by atoms with Crippen molar-refractivity contribution in [2.24, 2.45) is 5.73 Å². The highest BCUT2D eigenvalue weighted by Crippen LogP contribution is 2.26. The second-order valence-corrected chi connectivity index (χ2v) is 5.49. The van der Waals surface area contributed by atoms with E-state index in [1.54, 1.807) is 0 Å². The maximum Gasteiger partial charge on any atom is 0.331 e. The first-order valence-corrected chi connectivity index (χ1v) is 6.72. The zero-order valence-corrected chi connectivity index (χ0v) is 13.4. The average Bonchev–Trinajstić information content (AvgIpc) is 2.36. The Kier molecular flexibility index (Phi) is 10.1. The van der Waals surface area contributed by atoms with E-state index in [9.17, 15) is 19.2 Å². The van der Waals surface area contributed by atoms with E-state index in [2.05, 4.69) is 22.5 Å². The topological polar surface area (TPSA) is 147 Å². The Morgan fingerprint density at radius 1 is 1.19 bits per heavy atom. The summed E-state index contributed by atoms with van der Waals surface area (Å²) in [5.74, 6) is -2.82. The molecule has 0 atom stereocenters. The largest absolute Gasteiger partial charge is 0.481 e. The number of halogens is 1. The normalized spacial score (nSPS) is 9.86.